The Morgan fingerprint density at radius 1 is 1.60 bits per heavy atom. The molecule has 0 N–H and O–H groups in total. The molecule has 80 valence electrons. The van der Waals surface area contributed by atoms with E-state index in [9.17, 15) is 19.3 Å². The molecule has 1 rings (SSSR count). The molecule has 1 aromatic carbocycles. The Labute approximate surface area is 89.8 Å². The lowest BCUT2D eigenvalue weighted by Gasteiger charge is -2.02. The van der Waals surface area contributed by atoms with Gasteiger partial charge in [-0.3, -0.25) is 14.9 Å². The van der Waals surface area contributed by atoms with Gasteiger partial charge in [0, 0.05) is 11.6 Å². The maximum absolute atomic E-state index is 13.2. The van der Waals surface area contributed by atoms with Crippen molar-refractivity contribution in [3.05, 3.63) is 39.2 Å². The minimum Gasteiger partial charge on any atom is -0.293 e. The number of hydrogen-bond donors (Lipinski definition) is 0. The average Bonchev–Trinajstić information content (AvgIpc) is 2.20. The third kappa shape index (κ3) is 2.30. The molecule has 0 atom stereocenters. The van der Waals surface area contributed by atoms with Crippen LogP contribution in [-0.2, 0) is 0 Å². The molecular formula is C9H7ClFNO3. The summed E-state index contributed by atoms with van der Waals surface area (Å²) in [5.41, 5.74) is -0.589. The second kappa shape index (κ2) is 4.35. The van der Waals surface area contributed by atoms with Gasteiger partial charge in [-0.25, -0.2) is 4.39 Å². The molecule has 0 aliphatic heterocycles. The summed E-state index contributed by atoms with van der Waals surface area (Å²) in [6.45, 7) is 1.28. The molecule has 4 nitrogen and oxygen atoms in total. The Balaban J connectivity index is 3.35. The number of halogens is 2. The van der Waals surface area contributed by atoms with Gasteiger partial charge in [-0.1, -0.05) is 0 Å². The number of carbonyl (C=O) groups is 1. The van der Waals surface area contributed by atoms with Crippen molar-refractivity contribution in [3.63, 3.8) is 0 Å². The first-order valence-corrected chi connectivity index (χ1v) is 4.54. The lowest BCUT2D eigenvalue weighted by Crippen LogP contribution is -2.04. The Bertz CT molecular complexity index is 434. The van der Waals surface area contributed by atoms with Gasteiger partial charge in [0.25, 0.3) is 5.69 Å². The summed E-state index contributed by atoms with van der Waals surface area (Å²) >= 11 is 5.27. The van der Waals surface area contributed by atoms with Crippen molar-refractivity contribution in [2.45, 2.75) is 6.92 Å². The van der Waals surface area contributed by atoms with Crippen LogP contribution in [0.2, 0.25) is 0 Å². The van der Waals surface area contributed by atoms with Crippen LogP contribution in [0.1, 0.15) is 15.9 Å². The minimum atomic E-state index is -0.780. The van der Waals surface area contributed by atoms with E-state index in [1.54, 1.807) is 0 Å². The van der Waals surface area contributed by atoms with Crippen molar-refractivity contribution < 1.29 is 14.1 Å². The van der Waals surface area contributed by atoms with E-state index in [1.165, 1.54) is 6.92 Å². The largest absolute Gasteiger partial charge is 0.293 e. The molecule has 0 aromatic heterocycles. The number of carbonyl (C=O) groups excluding carboxylic acids is 1. The maximum Gasteiger partial charge on any atom is 0.275 e. The molecule has 0 heterocycles. The molecule has 0 bridgehead atoms. The molecular weight excluding hydrogens is 225 g/mol. The van der Waals surface area contributed by atoms with Gasteiger partial charge in [0.15, 0.2) is 5.78 Å². The molecule has 0 spiro atoms. The molecule has 6 heteroatoms. The zero-order valence-electron chi connectivity index (χ0n) is 7.79. The topological polar surface area (TPSA) is 60.2 Å². The van der Waals surface area contributed by atoms with Gasteiger partial charge in [0.1, 0.15) is 5.82 Å². The number of Topliss-reactive ketones (excluding diaryl/α,β-unsaturated/α-hetero) is 1. The van der Waals surface area contributed by atoms with E-state index >= 15 is 0 Å². The highest BCUT2D eigenvalue weighted by atomic mass is 35.5. The number of nitro groups is 1. The van der Waals surface area contributed by atoms with E-state index in [4.69, 9.17) is 11.6 Å². The summed E-state index contributed by atoms with van der Waals surface area (Å²) < 4.78 is 13.2. The van der Waals surface area contributed by atoms with Crippen molar-refractivity contribution in [1.82, 2.24) is 0 Å². The van der Waals surface area contributed by atoms with Gasteiger partial charge >= 0.3 is 0 Å². The lowest BCUT2D eigenvalue weighted by atomic mass is 10.1. The van der Waals surface area contributed by atoms with E-state index in [0.717, 1.165) is 12.1 Å². The highest BCUT2D eigenvalue weighted by molar-refractivity contribution is 6.30. The predicted molar refractivity (Wildman–Crippen MR) is 52.8 cm³/mol. The van der Waals surface area contributed by atoms with Crippen molar-refractivity contribution >= 4 is 23.1 Å². The Morgan fingerprint density at radius 3 is 2.67 bits per heavy atom. The van der Waals surface area contributed by atoms with Gasteiger partial charge in [-0.2, -0.15) is 0 Å². The fourth-order valence-electron chi connectivity index (χ4n) is 1.09. The van der Waals surface area contributed by atoms with Gasteiger partial charge in [0.2, 0.25) is 0 Å². The van der Waals surface area contributed by atoms with Crippen LogP contribution in [0.3, 0.4) is 0 Å². The Morgan fingerprint density at radius 2 is 2.20 bits per heavy atom. The van der Waals surface area contributed by atoms with E-state index in [2.05, 4.69) is 0 Å². The lowest BCUT2D eigenvalue weighted by molar-refractivity contribution is -0.385. The van der Waals surface area contributed by atoms with Gasteiger partial charge in [-0.05, 0) is 13.0 Å². The normalized spacial score (nSPS) is 10.1. The van der Waals surface area contributed by atoms with Crippen LogP contribution in [0.5, 0.6) is 0 Å². The van der Waals surface area contributed by atoms with Gasteiger partial charge in [-0.15, -0.1) is 11.6 Å². The Hall–Kier alpha value is -1.49. The molecule has 0 aliphatic rings. The quantitative estimate of drug-likeness (QED) is 0.347. The van der Waals surface area contributed by atoms with Crippen LogP contribution in [0.4, 0.5) is 10.1 Å². The summed E-state index contributed by atoms with van der Waals surface area (Å²) in [7, 11) is 0. The molecule has 0 saturated carbocycles. The fraction of sp³-hybridized carbons (Fsp3) is 0.222. The summed E-state index contributed by atoms with van der Waals surface area (Å²) in [6, 6.07) is 1.98. The molecule has 15 heavy (non-hydrogen) atoms. The van der Waals surface area contributed by atoms with Crippen LogP contribution < -0.4 is 0 Å². The number of hydrogen-bond acceptors (Lipinski definition) is 3. The van der Waals surface area contributed by atoms with Crippen LogP contribution in [0.15, 0.2) is 12.1 Å². The first-order chi connectivity index (χ1) is 6.97. The average molecular weight is 232 g/mol. The highest BCUT2D eigenvalue weighted by Gasteiger charge is 2.18. The zero-order valence-corrected chi connectivity index (χ0v) is 8.55. The van der Waals surface area contributed by atoms with E-state index < -0.39 is 22.2 Å². The van der Waals surface area contributed by atoms with Gasteiger partial charge < -0.3 is 0 Å². The van der Waals surface area contributed by atoms with E-state index in [-0.39, 0.29) is 17.0 Å². The Kier molecular flexibility index (Phi) is 3.36. The first-order valence-electron chi connectivity index (χ1n) is 4.01. The third-order valence-electron chi connectivity index (χ3n) is 1.96. The molecule has 0 amide bonds. The maximum atomic E-state index is 13.2. The number of nitrogens with zero attached hydrogens (tertiary/aromatic N) is 1. The second-order valence-corrected chi connectivity index (χ2v) is 3.18. The van der Waals surface area contributed by atoms with Crippen LogP contribution >= 0.6 is 11.6 Å². The summed E-state index contributed by atoms with van der Waals surface area (Å²) in [5.74, 6) is -1.66. The monoisotopic (exact) mass is 231 g/mol. The minimum absolute atomic E-state index is 0.0835. The van der Waals surface area contributed by atoms with Crippen molar-refractivity contribution in [3.8, 4) is 0 Å². The highest BCUT2D eigenvalue weighted by Crippen LogP contribution is 2.23. The van der Waals surface area contributed by atoms with Crippen LogP contribution in [0, 0.1) is 22.9 Å². The SMILES string of the molecule is Cc1c(F)cc(C(=O)CCl)cc1[N+](=O)[O-]. The molecule has 0 fully saturated rings. The van der Waals surface area contributed by atoms with E-state index in [0.29, 0.717) is 0 Å². The molecule has 1 aromatic rings. The number of nitro benzene ring substituents is 1. The zero-order chi connectivity index (χ0) is 11.6. The number of ketones is 1. The second-order valence-electron chi connectivity index (χ2n) is 2.92. The molecule has 0 saturated heterocycles. The number of rotatable bonds is 3. The predicted octanol–water partition coefficient (Wildman–Crippen LogP) is 2.46. The van der Waals surface area contributed by atoms with Crippen molar-refractivity contribution in [2.75, 3.05) is 5.88 Å². The molecule has 0 radical (unpaired) electrons. The standard InChI is InChI=1S/C9H7ClFNO3/c1-5-7(11)2-6(9(13)4-10)3-8(5)12(14)15/h2-3H,4H2,1H3. The fourth-order valence-corrected chi connectivity index (χ4v) is 1.25. The summed E-state index contributed by atoms with van der Waals surface area (Å²) in [4.78, 5) is 20.9. The number of benzene rings is 1. The van der Waals surface area contributed by atoms with Crippen molar-refractivity contribution in [1.29, 1.82) is 0 Å². The third-order valence-corrected chi connectivity index (χ3v) is 2.20. The molecule has 0 unspecified atom stereocenters. The first kappa shape index (κ1) is 11.6. The summed E-state index contributed by atoms with van der Waals surface area (Å²) in [6.07, 6.45) is 0. The number of alkyl halides is 1. The molecule has 0 aliphatic carbocycles. The van der Waals surface area contributed by atoms with Crippen LogP contribution in [-0.4, -0.2) is 16.6 Å². The van der Waals surface area contributed by atoms with Gasteiger partial charge in [0.05, 0.1) is 16.4 Å². The van der Waals surface area contributed by atoms with Crippen LogP contribution in [0.25, 0.3) is 0 Å². The smallest absolute Gasteiger partial charge is 0.275 e. The summed E-state index contributed by atoms with van der Waals surface area (Å²) in [5, 5.41) is 10.5. The van der Waals surface area contributed by atoms with Crippen molar-refractivity contribution in [2.24, 2.45) is 0 Å². The van der Waals surface area contributed by atoms with E-state index in [1.807, 2.05) is 0 Å².